The minimum Gasteiger partial charge on any atom is -0.456 e. The van der Waals surface area contributed by atoms with Crippen LogP contribution >= 0.6 is 22.9 Å². The lowest BCUT2D eigenvalue weighted by Gasteiger charge is -2.40. The zero-order valence-corrected chi connectivity index (χ0v) is 18.4. The molecule has 30 heavy (non-hydrogen) atoms. The summed E-state index contributed by atoms with van der Waals surface area (Å²) in [6.45, 7) is 5.10. The molecule has 0 bridgehead atoms. The lowest BCUT2D eigenvalue weighted by atomic mass is 10.1. The van der Waals surface area contributed by atoms with Crippen molar-refractivity contribution in [2.24, 2.45) is 0 Å². The molecule has 1 aliphatic heterocycles. The third-order valence-corrected chi connectivity index (χ3v) is 6.62. The van der Waals surface area contributed by atoms with E-state index in [0.717, 1.165) is 56.2 Å². The van der Waals surface area contributed by atoms with Crippen molar-refractivity contribution in [3.05, 3.63) is 40.4 Å². The van der Waals surface area contributed by atoms with Crippen LogP contribution in [0.3, 0.4) is 0 Å². The van der Waals surface area contributed by atoms with Gasteiger partial charge in [-0.15, -0.1) is 11.3 Å². The van der Waals surface area contributed by atoms with Crippen LogP contribution in [0.15, 0.2) is 29.6 Å². The van der Waals surface area contributed by atoms with Crippen molar-refractivity contribution >= 4 is 45.6 Å². The summed E-state index contributed by atoms with van der Waals surface area (Å²) < 4.78 is 5.83. The fourth-order valence-electron chi connectivity index (χ4n) is 4.22. The Morgan fingerprint density at radius 3 is 2.77 bits per heavy atom. The molecule has 2 aliphatic rings. The maximum absolute atomic E-state index is 12.6. The molecule has 1 N–H and O–H groups in total. The molecule has 1 aromatic heterocycles. The monoisotopic (exact) mass is 448 g/mol. The summed E-state index contributed by atoms with van der Waals surface area (Å²) >= 11 is 7.35. The third-order valence-electron chi connectivity index (χ3n) is 5.63. The van der Waals surface area contributed by atoms with E-state index < -0.39 is 5.97 Å². The molecule has 7 nitrogen and oxygen atoms in total. The van der Waals surface area contributed by atoms with Crippen molar-refractivity contribution in [3.8, 4) is 0 Å². The van der Waals surface area contributed by atoms with Gasteiger partial charge in [-0.25, -0.2) is 9.78 Å². The summed E-state index contributed by atoms with van der Waals surface area (Å²) in [6, 6.07) is 8.20. The van der Waals surface area contributed by atoms with Crippen LogP contribution in [0.1, 0.15) is 36.7 Å². The van der Waals surface area contributed by atoms with E-state index in [9.17, 15) is 9.59 Å². The number of ether oxygens (including phenoxy) is 1. The summed E-state index contributed by atoms with van der Waals surface area (Å²) in [7, 11) is 0. The molecule has 0 radical (unpaired) electrons. The van der Waals surface area contributed by atoms with E-state index in [4.69, 9.17) is 16.3 Å². The first-order chi connectivity index (χ1) is 14.5. The van der Waals surface area contributed by atoms with Gasteiger partial charge in [-0.1, -0.05) is 17.7 Å². The lowest BCUT2D eigenvalue weighted by molar-refractivity contribution is -0.114. The molecule has 2 heterocycles. The van der Waals surface area contributed by atoms with E-state index in [1.165, 1.54) is 18.3 Å². The Hall–Kier alpha value is -2.16. The number of nitrogens with one attached hydrogen (secondary N) is 1. The Morgan fingerprint density at radius 1 is 1.23 bits per heavy atom. The van der Waals surface area contributed by atoms with Gasteiger partial charge in [0.1, 0.15) is 6.10 Å². The maximum atomic E-state index is 12.6. The zero-order chi connectivity index (χ0) is 21.1. The predicted octanol–water partition coefficient (Wildman–Crippen LogP) is 3.66. The van der Waals surface area contributed by atoms with Crippen LogP contribution in [0.25, 0.3) is 0 Å². The fourth-order valence-corrected chi connectivity index (χ4v) is 5.13. The minimum atomic E-state index is -0.419. The number of carbonyl (C=O) groups is 2. The van der Waals surface area contributed by atoms with E-state index in [1.807, 2.05) is 18.2 Å². The number of rotatable bonds is 5. The van der Waals surface area contributed by atoms with Gasteiger partial charge in [0.25, 0.3) is 0 Å². The Bertz CT molecular complexity index is 913. The van der Waals surface area contributed by atoms with Gasteiger partial charge in [0.05, 0.1) is 0 Å². The van der Waals surface area contributed by atoms with Crippen molar-refractivity contribution in [3.63, 3.8) is 0 Å². The van der Waals surface area contributed by atoms with Crippen molar-refractivity contribution in [2.75, 3.05) is 36.4 Å². The molecule has 0 spiro atoms. The van der Waals surface area contributed by atoms with Gasteiger partial charge in [-0.05, 0) is 37.5 Å². The topological polar surface area (TPSA) is 74.8 Å². The molecular weight excluding hydrogens is 424 g/mol. The normalized spacial score (nSPS) is 22.1. The lowest BCUT2D eigenvalue weighted by Crippen LogP contribution is -2.53. The number of hydrogen-bond acceptors (Lipinski definition) is 7. The number of piperazine rings is 1. The van der Waals surface area contributed by atoms with Gasteiger partial charge in [0, 0.05) is 55.2 Å². The molecule has 160 valence electrons. The highest BCUT2D eigenvalue weighted by atomic mass is 35.5. The number of carbonyl (C=O) groups excluding carboxylic acids is 2. The summed E-state index contributed by atoms with van der Waals surface area (Å²) in [5, 5.41) is 5.38. The number of thiazole rings is 1. The second kappa shape index (κ2) is 9.32. The number of hydrogen-bond donors (Lipinski definition) is 1. The Kier molecular flexibility index (Phi) is 6.55. The molecule has 2 aromatic rings. The SMILES string of the molecule is CC(=O)Nc1nc(C(=O)O[C@@H]2CCC[C@@H]2N2CCN(c3cccc(Cl)c3)CC2)cs1. The molecule has 1 saturated heterocycles. The second-order valence-corrected chi connectivity index (χ2v) is 8.96. The molecule has 1 amide bonds. The van der Waals surface area contributed by atoms with Crippen LogP contribution in [0.5, 0.6) is 0 Å². The first-order valence-corrected chi connectivity index (χ1v) is 11.4. The first kappa shape index (κ1) is 21.1. The molecule has 1 aliphatic carbocycles. The summed E-state index contributed by atoms with van der Waals surface area (Å²) in [5.41, 5.74) is 1.40. The fraction of sp³-hybridized carbons (Fsp3) is 0.476. The minimum absolute atomic E-state index is 0.124. The Balaban J connectivity index is 1.33. The van der Waals surface area contributed by atoms with E-state index in [0.29, 0.717) is 5.13 Å². The number of aromatic nitrogens is 1. The zero-order valence-electron chi connectivity index (χ0n) is 16.8. The number of esters is 1. The quantitative estimate of drug-likeness (QED) is 0.703. The van der Waals surface area contributed by atoms with Crippen LogP contribution in [-0.4, -0.2) is 60.1 Å². The van der Waals surface area contributed by atoms with E-state index in [-0.39, 0.29) is 23.7 Å². The van der Waals surface area contributed by atoms with E-state index >= 15 is 0 Å². The van der Waals surface area contributed by atoms with Crippen LogP contribution in [-0.2, 0) is 9.53 Å². The largest absolute Gasteiger partial charge is 0.456 e. The molecule has 2 atom stereocenters. The summed E-state index contributed by atoms with van der Waals surface area (Å²) in [5.74, 6) is -0.630. The number of nitrogens with zero attached hydrogens (tertiary/aromatic N) is 3. The Labute approximate surface area is 185 Å². The maximum Gasteiger partial charge on any atom is 0.358 e. The number of amides is 1. The molecule has 2 fully saturated rings. The molecule has 1 saturated carbocycles. The highest BCUT2D eigenvalue weighted by molar-refractivity contribution is 7.14. The molecule has 9 heteroatoms. The summed E-state index contributed by atoms with van der Waals surface area (Å²) in [6.07, 6.45) is 2.82. The van der Waals surface area contributed by atoms with Gasteiger partial charge in [0.2, 0.25) is 5.91 Å². The second-order valence-electron chi connectivity index (χ2n) is 7.66. The van der Waals surface area contributed by atoms with Crippen LogP contribution in [0.4, 0.5) is 10.8 Å². The standard InChI is InChI=1S/C21H25ClN4O3S/c1-14(27)23-21-24-17(13-30-21)20(28)29-19-7-3-6-18(19)26-10-8-25(9-11-26)16-5-2-4-15(22)12-16/h2,4-5,12-13,18-19H,3,6-11H2,1H3,(H,23,24,27)/t18-,19+/m0/s1. The van der Waals surface area contributed by atoms with E-state index in [2.05, 4.69) is 26.2 Å². The third kappa shape index (κ3) is 4.94. The highest BCUT2D eigenvalue weighted by Crippen LogP contribution is 2.30. The van der Waals surface area contributed by atoms with Crippen molar-refractivity contribution in [1.29, 1.82) is 0 Å². The molecule has 4 rings (SSSR count). The van der Waals surface area contributed by atoms with Crippen LogP contribution in [0.2, 0.25) is 5.02 Å². The van der Waals surface area contributed by atoms with E-state index in [1.54, 1.807) is 5.38 Å². The summed E-state index contributed by atoms with van der Waals surface area (Å²) in [4.78, 5) is 32.7. The van der Waals surface area contributed by atoms with Gasteiger partial charge < -0.3 is 15.0 Å². The predicted molar refractivity (Wildman–Crippen MR) is 118 cm³/mol. The van der Waals surface area contributed by atoms with Crippen molar-refractivity contribution in [1.82, 2.24) is 9.88 Å². The number of benzene rings is 1. The van der Waals surface area contributed by atoms with Crippen molar-refractivity contribution < 1.29 is 14.3 Å². The highest BCUT2D eigenvalue weighted by Gasteiger charge is 2.36. The van der Waals surface area contributed by atoms with Crippen LogP contribution in [0, 0.1) is 0 Å². The van der Waals surface area contributed by atoms with Crippen LogP contribution < -0.4 is 10.2 Å². The molecule has 1 aromatic carbocycles. The molecular formula is C21H25ClN4O3S. The van der Waals surface area contributed by atoms with Gasteiger partial charge >= 0.3 is 5.97 Å². The smallest absolute Gasteiger partial charge is 0.358 e. The number of anilines is 2. The number of halogens is 1. The van der Waals surface area contributed by atoms with Crippen molar-refractivity contribution in [2.45, 2.75) is 38.3 Å². The average molecular weight is 449 g/mol. The Morgan fingerprint density at radius 2 is 2.03 bits per heavy atom. The van der Waals surface area contributed by atoms with Gasteiger partial charge in [0.15, 0.2) is 10.8 Å². The molecule has 0 unspecified atom stereocenters. The average Bonchev–Trinajstić information content (AvgIpc) is 3.37. The van der Waals surface area contributed by atoms with Gasteiger partial charge in [-0.2, -0.15) is 0 Å². The van der Waals surface area contributed by atoms with Gasteiger partial charge in [-0.3, -0.25) is 9.69 Å². The first-order valence-electron chi connectivity index (χ1n) is 10.2.